The summed E-state index contributed by atoms with van der Waals surface area (Å²) in [6.45, 7) is 0.707. The van der Waals surface area contributed by atoms with Gasteiger partial charge in [-0.05, 0) is 49.4 Å². The van der Waals surface area contributed by atoms with Crippen molar-refractivity contribution in [1.82, 2.24) is 0 Å². The average molecular weight is 352 g/mol. The molecule has 21 heavy (non-hydrogen) atoms. The predicted octanol–water partition coefficient (Wildman–Crippen LogP) is 3.23. The first-order valence-corrected chi connectivity index (χ1v) is 8.18. The maximum Gasteiger partial charge on any atom is 0.306 e. The summed E-state index contributed by atoms with van der Waals surface area (Å²) >= 11 is 3.45. The number of hydrogen-bond acceptors (Lipinski definition) is 2. The Labute approximate surface area is 132 Å². The summed E-state index contributed by atoms with van der Waals surface area (Å²) in [5, 5.41) is 9.16. The molecule has 0 radical (unpaired) electrons. The Bertz CT molecular complexity index is 587. The van der Waals surface area contributed by atoms with Crippen LogP contribution in [0.3, 0.4) is 0 Å². The molecule has 1 fully saturated rings. The number of aliphatic carboxylic acids is 1. The SMILES string of the molecule is O=C(O)C1CCCC(C(=O)N2CCc3cc(Br)ccc32)C1. The summed E-state index contributed by atoms with van der Waals surface area (Å²) in [6.07, 6.45) is 3.69. The number of rotatable bonds is 2. The van der Waals surface area contributed by atoms with Gasteiger partial charge in [-0.15, -0.1) is 0 Å². The minimum absolute atomic E-state index is 0.0991. The summed E-state index contributed by atoms with van der Waals surface area (Å²) < 4.78 is 1.03. The Balaban J connectivity index is 1.76. The lowest BCUT2D eigenvalue weighted by molar-refractivity contribution is -0.143. The molecule has 1 saturated carbocycles. The molecule has 3 rings (SSSR count). The Hall–Kier alpha value is -1.36. The molecule has 0 saturated heterocycles. The summed E-state index contributed by atoms with van der Waals surface area (Å²) in [6, 6.07) is 5.98. The molecular weight excluding hydrogens is 334 g/mol. The molecule has 0 spiro atoms. The van der Waals surface area contributed by atoms with Crippen LogP contribution in [0.25, 0.3) is 0 Å². The highest BCUT2D eigenvalue weighted by atomic mass is 79.9. The number of carbonyl (C=O) groups excluding carboxylic acids is 1. The Morgan fingerprint density at radius 1 is 1.24 bits per heavy atom. The molecule has 2 unspecified atom stereocenters. The van der Waals surface area contributed by atoms with Gasteiger partial charge in [-0.2, -0.15) is 0 Å². The molecule has 1 amide bonds. The standard InChI is InChI=1S/C16H18BrNO3/c17-13-4-5-14-10(9-13)6-7-18(14)15(19)11-2-1-3-12(8-11)16(20)21/h4-5,9,11-12H,1-3,6-8H2,(H,20,21). The van der Waals surface area contributed by atoms with Crippen LogP contribution in [0.5, 0.6) is 0 Å². The van der Waals surface area contributed by atoms with Crippen molar-refractivity contribution in [3.8, 4) is 0 Å². The molecule has 1 aliphatic heterocycles. The van der Waals surface area contributed by atoms with E-state index in [1.165, 1.54) is 5.56 Å². The lowest BCUT2D eigenvalue weighted by atomic mass is 9.80. The fourth-order valence-corrected chi connectivity index (χ4v) is 3.87. The number of benzene rings is 1. The Kier molecular flexibility index (Phi) is 4.02. The van der Waals surface area contributed by atoms with Crippen molar-refractivity contribution in [2.24, 2.45) is 11.8 Å². The van der Waals surface area contributed by atoms with Crippen molar-refractivity contribution in [2.75, 3.05) is 11.4 Å². The van der Waals surface area contributed by atoms with Crippen molar-refractivity contribution in [3.05, 3.63) is 28.2 Å². The normalized spacial score (nSPS) is 24.7. The van der Waals surface area contributed by atoms with Gasteiger partial charge in [-0.1, -0.05) is 22.4 Å². The zero-order chi connectivity index (χ0) is 15.0. The van der Waals surface area contributed by atoms with Crippen LogP contribution in [-0.4, -0.2) is 23.5 Å². The number of nitrogens with zero attached hydrogens (tertiary/aromatic N) is 1. The zero-order valence-corrected chi connectivity index (χ0v) is 13.3. The van der Waals surface area contributed by atoms with E-state index in [1.807, 2.05) is 17.0 Å². The fraction of sp³-hybridized carbons (Fsp3) is 0.500. The molecule has 1 N–H and O–H groups in total. The summed E-state index contributed by atoms with van der Waals surface area (Å²) in [5.41, 5.74) is 2.17. The van der Waals surface area contributed by atoms with Gasteiger partial charge in [0.2, 0.25) is 5.91 Å². The van der Waals surface area contributed by atoms with Crippen LogP contribution in [0.1, 0.15) is 31.2 Å². The number of carbonyl (C=O) groups is 2. The highest BCUT2D eigenvalue weighted by Gasteiger charge is 2.35. The smallest absolute Gasteiger partial charge is 0.306 e. The molecule has 1 aliphatic carbocycles. The molecule has 2 aliphatic rings. The molecule has 0 bridgehead atoms. The second-order valence-electron chi connectivity index (χ2n) is 5.91. The van der Waals surface area contributed by atoms with Gasteiger partial charge in [0.05, 0.1) is 5.92 Å². The largest absolute Gasteiger partial charge is 0.481 e. The number of fused-ring (bicyclic) bond motifs is 1. The van der Waals surface area contributed by atoms with E-state index in [0.717, 1.165) is 29.4 Å². The van der Waals surface area contributed by atoms with Crippen LogP contribution >= 0.6 is 15.9 Å². The van der Waals surface area contributed by atoms with E-state index in [1.54, 1.807) is 0 Å². The van der Waals surface area contributed by atoms with Crippen molar-refractivity contribution in [1.29, 1.82) is 0 Å². The maximum atomic E-state index is 12.7. The third kappa shape index (κ3) is 2.84. The first-order valence-electron chi connectivity index (χ1n) is 7.39. The summed E-state index contributed by atoms with van der Waals surface area (Å²) in [7, 11) is 0. The van der Waals surface area contributed by atoms with Crippen LogP contribution in [-0.2, 0) is 16.0 Å². The summed E-state index contributed by atoms with van der Waals surface area (Å²) in [5.74, 6) is -1.17. The van der Waals surface area contributed by atoms with Gasteiger partial charge in [-0.3, -0.25) is 9.59 Å². The average Bonchev–Trinajstić information content (AvgIpc) is 2.89. The first-order chi connectivity index (χ1) is 10.1. The van der Waals surface area contributed by atoms with Crippen LogP contribution in [0.4, 0.5) is 5.69 Å². The van der Waals surface area contributed by atoms with E-state index < -0.39 is 5.97 Å². The molecule has 4 nitrogen and oxygen atoms in total. The minimum Gasteiger partial charge on any atom is -0.481 e. The molecule has 1 aromatic rings. The van der Waals surface area contributed by atoms with Gasteiger partial charge >= 0.3 is 5.97 Å². The van der Waals surface area contributed by atoms with Gasteiger partial charge < -0.3 is 10.0 Å². The van der Waals surface area contributed by atoms with E-state index in [4.69, 9.17) is 5.11 Å². The van der Waals surface area contributed by atoms with E-state index >= 15 is 0 Å². The Morgan fingerprint density at radius 3 is 2.76 bits per heavy atom. The van der Waals surface area contributed by atoms with Crippen molar-refractivity contribution < 1.29 is 14.7 Å². The molecule has 0 aromatic heterocycles. The van der Waals surface area contributed by atoms with Gasteiger partial charge in [0.15, 0.2) is 0 Å². The summed E-state index contributed by atoms with van der Waals surface area (Å²) in [4.78, 5) is 25.7. The highest BCUT2D eigenvalue weighted by molar-refractivity contribution is 9.10. The molecule has 2 atom stereocenters. The fourth-order valence-electron chi connectivity index (χ4n) is 3.46. The number of carboxylic acids is 1. The predicted molar refractivity (Wildman–Crippen MR) is 83.3 cm³/mol. The minimum atomic E-state index is -0.766. The van der Waals surface area contributed by atoms with Crippen molar-refractivity contribution in [2.45, 2.75) is 32.1 Å². The van der Waals surface area contributed by atoms with Gasteiger partial charge in [0.1, 0.15) is 0 Å². The zero-order valence-electron chi connectivity index (χ0n) is 11.7. The molecule has 1 heterocycles. The van der Waals surface area contributed by atoms with E-state index in [9.17, 15) is 9.59 Å². The van der Waals surface area contributed by atoms with Crippen LogP contribution < -0.4 is 4.90 Å². The number of amides is 1. The molecule has 5 heteroatoms. The van der Waals surface area contributed by atoms with Crippen LogP contribution in [0.15, 0.2) is 22.7 Å². The molecule has 1 aromatic carbocycles. The first kappa shape index (κ1) is 14.6. The van der Waals surface area contributed by atoms with Gasteiger partial charge in [-0.25, -0.2) is 0 Å². The van der Waals surface area contributed by atoms with E-state index in [0.29, 0.717) is 19.4 Å². The number of hydrogen-bond donors (Lipinski definition) is 1. The quantitative estimate of drug-likeness (QED) is 0.889. The van der Waals surface area contributed by atoms with Crippen molar-refractivity contribution in [3.63, 3.8) is 0 Å². The molecular formula is C16H18BrNO3. The van der Waals surface area contributed by atoms with Gasteiger partial charge in [0.25, 0.3) is 0 Å². The second-order valence-corrected chi connectivity index (χ2v) is 6.83. The van der Waals surface area contributed by atoms with E-state index in [2.05, 4.69) is 22.0 Å². The Morgan fingerprint density at radius 2 is 2.00 bits per heavy atom. The van der Waals surface area contributed by atoms with Crippen molar-refractivity contribution >= 4 is 33.5 Å². The van der Waals surface area contributed by atoms with Crippen LogP contribution in [0, 0.1) is 11.8 Å². The maximum absolute atomic E-state index is 12.7. The number of halogens is 1. The third-order valence-corrected chi connectivity index (χ3v) is 5.07. The van der Waals surface area contributed by atoms with Gasteiger partial charge in [0, 0.05) is 22.6 Å². The van der Waals surface area contributed by atoms with Crippen LogP contribution in [0.2, 0.25) is 0 Å². The number of anilines is 1. The molecule has 112 valence electrons. The topological polar surface area (TPSA) is 57.6 Å². The van der Waals surface area contributed by atoms with E-state index in [-0.39, 0.29) is 17.7 Å². The second kappa shape index (κ2) is 5.79. The number of carboxylic acid groups (broad SMARTS) is 1. The third-order valence-electron chi connectivity index (χ3n) is 4.58. The lowest BCUT2D eigenvalue weighted by Crippen LogP contribution is -2.38. The lowest BCUT2D eigenvalue weighted by Gasteiger charge is -2.29. The monoisotopic (exact) mass is 351 g/mol. The highest BCUT2D eigenvalue weighted by Crippen LogP contribution is 2.35.